The third-order valence-electron chi connectivity index (χ3n) is 1.56. The number of carbonyl (C=O) groups is 1. The maximum Gasteiger partial charge on any atom is 0.162 e. The van der Waals surface area contributed by atoms with Crippen LogP contribution in [0.25, 0.3) is 0 Å². The lowest BCUT2D eigenvalue weighted by molar-refractivity contribution is 0.101. The number of ketones is 1. The van der Waals surface area contributed by atoms with Crippen LogP contribution in [0.15, 0.2) is 12.1 Å². The molecule has 0 bridgehead atoms. The fraction of sp³-hybridized carbons (Fsp3) is 0.111. The molecule has 0 saturated heterocycles. The van der Waals surface area contributed by atoms with E-state index in [4.69, 9.17) is 16.9 Å². The summed E-state index contributed by atoms with van der Waals surface area (Å²) in [6, 6.07) is 5.18. The van der Waals surface area contributed by atoms with Gasteiger partial charge >= 0.3 is 0 Å². The zero-order valence-corrected chi connectivity index (χ0v) is 9.68. The van der Waals surface area contributed by atoms with Gasteiger partial charge in [0.1, 0.15) is 6.07 Å². The number of rotatable bonds is 1. The molecule has 0 aliphatic carbocycles. The Bertz CT molecular complexity index is 409. The van der Waals surface area contributed by atoms with E-state index in [1.165, 1.54) is 6.92 Å². The summed E-state index contributed by atoms with van der Waals surface area (Å²) in [7, 11) is 0. The summed E-state index contributed by atoms with van der Waals surface area (Å²) in [5, 5.41) is 9.11. The second-order valence-electron chi connectivity index (χ2n) is 2.45. The molecular formula is C9H5ClINO. The molecule has 1 aromatic rings. The van der Waals surface area contributed by atoms with Crippen molar-refractivity contribution < 1.29 is 4.79 Å². The smallest absolute Gasteiger partial charge is 0.162 e. The van der Waals surface area contributed by atoms with Gasteiger partial charge in [0.15, 0.2) is 5.78 Å². The maximum absolute atomic E-state index is 11.2. The number of hydrogen-bond donors (Lipinski definition) is 0. The molecule has 0 fully saturated rings. The fourth-order valence-corrected chi connectivity index (χ4v) is 2.38. The van der Waals surface area contributed by atoms with Gasteiger partial charge in [-0.05, 0) is 41.6 Å². The summed E-state index contributed by atoms with van der Waals surface area (Å²) in [5.41, 5.74) is 0.913. The van der Waals surface area contributed by atoms with Crippen molar-refractivity contribution >= 4 is 40.0 Å². The number of benzene rings is 1. The molecule has 66 valence electrons. The molecule has 0 N–H and O–H groups in total. The Balaban J connectivity index is 3.50. The first-order valence-electron chi connectivity index (χ1n) is 3.47. The first kappa shape index (κ1) is 10.5. The molecule has 1 rings (SSSR count). The lowest BCUT2D eigenvalue weighted by Gasteiger charge is -2.03. The largest absolute Gasteiger partial charge is 0.294 e. The maximum atomic E-state index is 11.2. The zero-order valence-electron chi connectivity index (χ0n) is 6.77. The van der Waals surface area contributed by atoms with Gasteiger partial charge in [0.05, 0.1) is 16.1 Å². The van der Waals surface area contributed by atoms with Crippen LogP contribution >= 0.6 is 34.2 Å². The van der Waals surface area contributed by atoms with E-state index < -0.39 is 0 Å². The van der Waals surface area contributed by atoms with Crippen LogP contribution in [0, 0.1) is 14.9 Å². The van der Waals surface area contributed by atoms with Crippen LogP contribution in [0.2, 0.25) is 5.02 Å². The second kappa shape index (κ2) is 4.07. The Kier molecular flexibility index (Phi) is 3.28. The van der Waals surface area contributed by atoms with Crippen molar-refractivity contribution in [2.45, 2.75) is 6.92 Å². The number of carbonyl (C=O) groups excluding carboxylic acids is 1. The molecule has 0 aliphatic heterocycles. The number of Topliss-reactive ketones (excluding diaryl/α,β-unsaturated/α-hetero) is 1. The van der Waals surface area contributed by atoms with E-state index in [-0.39, 0.29) is 5.78 Å². The lowest BCUT2D eigenvalue weighted by atomic mass is 10.1. The minimum atomic E-state index is -0.119. The first-order chi connectivity index (χ1) is 6.07. The molecule has 0 atom stereocenters. The van der Waals surface area contributed by atoms with Crippen molar-refractivity contribution in [2.75, 3.05) is 0 Å². The fourth-order valence-electron chi connectivity index (χ4n) is 0.962. The van der Waals surface area contributed by atoms with Gasteiger partial charge in [0, 0.05) is 3.57 Å². The monoisotopic (exact) mass is 305 g/mol. The molecule has 0 spiro atoms. The molecule has 4 heteroatoms. The summed E-state index contributed by atoms with van der Waals surface area (Å²) in [5.74, 6) is -0.119. The predicted molar refractivity (Wildman–Crippen MR) is 58.9 cm³/mol. The van der Waals surface area contributed by atoms with Gasteiger partial charge in [-0.25, -0.2) is 0 Å². The standard InChI is InChI=1S/C9H5ClINO/c1-5(13)8-7(10)3-2-6(4-12)9(8)11/h2-3H,1H3. The van der Waals surface area contributed by atoms with E-state index in [0.29, 0.717) is 19.7 Å². The van der Waals surface area contributed by atoms with Gasteiger partial charge in [-0.1, -0.05) is 11.6 Å². The Morgan fingerprint density at radius 3 is 2.69 bits per heavy atom. The average Bonchev–Trinajstić information content (AvgIpc) is 2.04. The Morgan fingerprint density at radius 2 is 2.23 bits per heavy atom. The van der Waals surface area contributed by atoms with Crippen molar-refractivity contribution in [3.63, 3.8) is 0 Å². The van der Waals surface area contributed by atoms with Crippen LogP contribution in [0.5, 0.6) is 0 Å². The Morgan fingerprint density at radius 1 is 1.62 bits per heavy atom. The molecule has 13 heavy (non-hydrogen) atoms. The van der Waals surface area contributed by atoms with Gasteiger partial charge in [-0.15, -0.1) is 0 Å². The van der Waals surface area contributed by atoms with Crippen LogP contribution in [0.1, 0.15) is 22.8 Å². The van der Waals surface area contributed by atoms with Gasteiger partial charge in [-0.2, -0.15) is 5.26 Å². The summed E-state index contributed by atoms with van der Waals surface area (Å²) in [6.07, 6.45) is 0. The molecule has 0 saturated carbocycles. The van der Waals surface area contributed by atoms with Crippen LogP contribution in [0.4, 0.5) is 0 Å². The van der Waals surface area contributed by atoms with Crippen molar-refractivity contribution in [1.29, 1.82) is 5.26 Å². The first-order valence-corrected chi connectivity index (χ1v) is 4.92. The predicted octanol–water partition coefficient (Wildman–Crippen LogP) is 3.02. The number of hydrogen-bond acceptors (Lipinski definition) is 2. The minimum absolute atomic E-state index is 0.119. The van der Waals surface area contributed by atoms with Crippen LogP contribution < -0.4 is 0 Å². The van der Waals surface area contributed by atoms with E-state index in [1.807, 2.05) is 28.7 Å². The van der Waals surface area contributed by atoms with Gasteiger partial charge in [0.2, 0.25) is 0 Å². The molecule has 0 amide bonds. The SMILES string of the molecule is CC(=O)c1c(Cl)ccc(C#N)c1I. The van der Waals surface area contributed by atoms with E-state index >= 15 is 0 Å². The van der Waals surface area contributed by atoms with E-state index in [9.17, 15) is 4.79 Å². The van der Waals surface area contributed by atoms with Crippen LogP contribution in [0.3, 0.4) is 0 Å². The van der Waals surface area contributed by atoms with Crippen molar-refractivity contribution in [2.24, 2.45) is 0 Å². The van der Waals surface area contributed by atoms with E-state index in [1.54, 1.807) is 12.1 Å². The van der Waals surface area contributed by atoms with Crippen molar-refractivity contribution in [3.05, 3.63) is 31.9 Å². The van der Waals surface area contributed by atoms with Crippen LogP contribution in [-0.4, -0.2) is 5.78 Å². The summed E-state index contributed by atoms with van der Waals surface area (Å²) in [6.45, 7) is 1.44. The third kappa shape index (κ3) is 2.01. The Labute approximate surface area is 94.6 Å². The zero-order chi connectivity index (χ0) is 10.0. The van der Waals surface area contributed by atoms with E-state index in [0.717, 1.165) is 0 Å². The van der Waals surface area contributed by atoms with Crippen molar-refractivity contribution in [1.82, 2.24) is 0 Å². The molecule has 2 nitrogen and oxygen atoms in total. The minimum Gasteiger partial charge on any atom is -0.294 e. The van der Waals surface area contributed by atoms with Crippen LogP contribution in [-0.2, 0) is 0 Å². The Hall–Kier alpha value is -0.600. The second-order valence-corrected chi connectivity index (χ2v) is 3.94. The molecule has 0 aromatic heterocycles. The molecule has 0 heterocycles. The van der Waals surface area contributed by atoms with Gasteiger partial charge < -0.3 is 0 Å². The summed E-state index contributed by atoms with van der Waals surface area (Å²) >= 11 is 7.77. The summed E-state index contributed by atoms with van der Waals surface area (Å²) < 4.78 is 0.625. The number of halogens is 2. The quantitative estimate of drug-likeness (QED) is 0.591. The van der Waals surface area contributed by atoms with E-state index in [2.05, 4.69) is 0 Å². The molecule has 0 aliphatic rings. The highest BCUT2D eigenvalue weighted by molar-refractivity contribution is 14.1. The normalized spacial score (nSPS) is 9.38. The highest BCUT2D eigenvalue weighted by Crippen LogP contribution is 2.25. The molecular weight excluding hydrogens is 300 g/mol. The topological polar surface area (TPSA) is 40.9 Å². The summed E-state index contributed by atoms with van der Waals surface area (Å²) in [4.78, 5) is 11.2. The number of nitriles is 1. The highest BCUT2D eigenvalue weighted by atomic mass is 127. The number of nitrogens with zero attached hydrogens (tertiary/aromatic N) is 1. The third-order valence-corrected chi connectivity index (χ3v) is 3.00. The molecule has 1 aromatic carbocycles. The highest BCUT2D eigenvalue weighted by Gasteiger charge is 2.13. The average molecular weight is 306 g/mol. The van der Waals surface area contributed by atoms with Gasteiger partial charge in [-0.3, -0.25) is 4.79 Å². The van der Waals surface area contributed by atoms with Crippen molar-refractivity contribution in [3.8, 4) is 6.07 Å². The lowest BCUT2D eigenvalue weighted by Crippen LogP contribution is -1.99. The molecule has 0 unspecified atom stereocenters. The molecule has 0 radical (unpaired) electrons. The van der Waals surface area contributed by atoms with Gasteiger partial charge in [0.25, 0.3) is 0 Å².